The Bertz CT molecular complexity index is 1100. The SMILES string of the molecule is O=[N+]([O-])c1cc(Cl)cc2c1nn1c3cc(Cl)cc([N+](=O)[O-])c3[n-][n+]21. The van der Waals surface area contributed by atoms with Gasteiger partial charge < -0.3 is 0 Å². The molecule has 0 radical (unpaired) electrons. The topological polar surface area (TPSA) is 122 Å². The van der Waals surface area contributed by atoms with Crippen LogP contribution in [0.5, 0.6) is 0 Å². The van der Waals surface area contributed by atoms with Gasteiger partial charge >= 0.3 is 11.2 Å². The molecular formula is C12H4Cl2N6O4. The zero-order chi connectivity index (χ0) is 17.2. The molecule has 4 aromatic rings. The van der Waals surface area contributed by atoms with Gasteiger partial charge in [-0.15, -0.1) is 4.63 Å². The first kappa shape index (κ1) is 14.6. The van der Waals surface area contributed by atoms with Crippen molar-refractivity contribution in [1.29, 1.82) is 0 Å². The Morgan fingerprint density at radius 3 is 2.33 bits per heavy atom. The number of benzene rings is 2. The fraction of sp³-hybridized carbons (Fsp3) is 0. The van der Waals surface area contributed by atoms with Gasteiger partial charge in [0.15, 0.2) is 5.52 Å². The lowest BCUT2D eigenvalue weighted by molar-refractivity contribution is -0.654. The zero-order valence-corrected chi connectivity index (χ0v) is 12.9. The summed E-state index contributed by atoms with van der Waals surface area (Å²) < 4.78 is 2.42. The standard InChI is InChI=1S/C12H4Cl2N6O4/c13-5-1-7-11(9(3-5)19(21)22)15-18-8-2-6(14)4-10(20(23)24)12(8)16-17(7)18/h1-4H. The summed E-state index contributed by atoms with van der Waals surface area (Å²) in [5, 5.41) is 30.9. The van der Waals surface area contributed by atoms with Gasteiger partial charge in [0.25, 0.3) is 5.69 Å². The quantitative estimate of drug-likeness (QED) is 0.304. The van der Waals surface area contributed by atoms with Gasteiger partial charge in [0.05, 0.1) is 25.9 Å². The maximum absolute atomic E-state index is 11.2. The van der Waals surface area contributed by atoms with Crippen molar-refractivity contribution in [2.45, 2.75) is 0 Å². The Morgan fingerprint density at radius 1 is 1.04 bits per heavy atom. The molecule has 2 aromatic heterocycles. The molecule has 0 N–H and O–H groups in total. The van der Waals surface area contributed by atoms with E-state index in [2.05, 4.69) is 10.2 Å². The van der Waals surface area contributed by atoms with E-state index >= 15 is 0 Å². The minimum absolute atomic E-state index is 0.0569. The molecule has 2 aromatic carbocycles. The van der Waals surface area contributed by atoms with E-state index in [1.54, 1.807) is 0 Å². The first-order chi connectivity index (χ1) is 11.4. The predicted octanol–water partition coefficient (Wildman–Crippen LogP) is 2.31. The summed E-state index contributed by atoms with van der Waals surface area (Å²) in [7, 11) is 0. The van der Waals surface area contributed by atoms with E-state index < -0.39 is 9.85 Å². The summed E-state index contributed by atoms with van der Waals surface area (Å²) >= 11 is 11.8. The first-order valence-electron chi connectivity index (χ1n) is 6.36. The molecule has 120 valence electrons. The summed E-state index contributed by atoms with van der Waals surface area (Å²) in [4.78, 5) is 21.1. The minimum Gasteiger partial charge on any atom is -0.263 e. The second-order valence-electron chi connectivity index (χ2n) is 4.88. The predicted molar refractivity (Wildman–Crippen MR) is 82.5 cm³/mol. The number of halogens is 2. The summed E-state index contributed by atoms with van der Waals surface area (Å²) in [6.45, 7) is 0. The smallest absolute Gasteiger partial charge is 0.263 e. The van der Waals surface area contributed by atoms with Crippen molar-refractivity contribution < 1.29 is 14.5 Å². The third-order valence-electron chi connectivity index (χ3n) is 3.46. The highest BCUT2D eigenvalue weighted by molar-refractivity contribution is 6.32. The fourth-order valence-electron chi connectivity index (χ4n) is 2.52. The zero-order valence-electron chi connectivity index (χ0n) is 11.4. The van der Waals surface area contributed by atoms with Crippen molar-refractivity contribution in [2.24, 2.45) is 0 Å². The molecule has 4 rings (SSSR count). The highest BCUT2D eigenvalue weighted by Crippen LogP contribution is 2.30. The number of nitro groups is 2. The highest BCUT2D eigenvalue weighted by Gasteiger charge is 2.26. The molecule has 24 heavy (non-hydrogen) atoms. The molecular weight excluding hydrogens is 363 g/mol. The van der Waals surface area contributed by atoms with Crippen LogP contribution in [0.4, 0.5) is 11.4 Å². The van der Waals surface area contributed by atoms with E-state index in [4.69, 9.17) is 23.2 Å². The molecule has 0 fully saturated rings. The van der Waals surface area contributed by atoms with Crippen LogP contribution in [0.1, 0.15) is 0 Å². The molecule has 0 aliphatic heterocycles. The summed E-state index contributed by atoms with van der Waals surface area (Å²) in [5.41, 5.74) is 0.0230. The van der Waals surface area contributed by atoms with Gasteiger partial charge in [-0.05, 0) is 11.2 Å². The van der Waals surface area contributed by atoms with E-state index in [1.807, 2.05) is 0 Å². The van der Waals surface area contributed by atoms with Crippen molar-refractivity contribution in [1.82, 2.24) is 14.8 Å². The normalized spacial score (nSPS) is 11.6. The van der Waals surface area contributed by atoms with E-state index in [0.717, 1.165) is 0 Å². The van der Waals surface area contributed by atoms with Crippen molar-refractivity contribution in [3.63, 3.8) is 0 Å². The lowest BCUT2D eigenvalue weighted by atomic mass is 10.2. The summed E-state index contributed by atoms with van der Waals surface area (Å²) in [6, 6.07) is 5.23. The molecule has 0 atom stereocenters. The van der Waals surface area contributed by atoms with Crippen molar-refractivity contribution in [3.8, 4) is 0 Å². The molecule has 0 amide bonds. The Labute approximate surface area is 141 Å². The van der Waals surface area contributed by atoms with Crippen LogP contribution in [0.25, 0.3) is 22.1 Å². The Kier molecular flexibility index (Phi) is 2.89. The lowest BCUT2D eigenvalue weighted by Crippen LogP contribution is -2.30. The van der Waals surface area contributed by atoms with Crippen molar-refractivity contribution >= 4 is 56.6 Å². The number of nitro benzene ring substituents is 2. The molecule has 0 saturated carbocycles. The fourth-order valence-corrected chi connectivity index (χ4v) is 2.93. The average Bonchev–Trinajstić information content (AvgIpc) is 3.02. The van der Waals surface area contributed by atoms with Gasteiger partial charge in [-0.1, -0.05) is 23.2 Å². The minimum atomic E-state index is -0.612. The highest BCUT2D eigenvalue weighted by atomic mass is 35.5. The molecule has 2 heterocycles. The van der Waals surface area contributed by atoms with Gasteiger partial charge in [-0.25, -0.2) is 0 Å². The number of non-ortho nitro benzene ring substituents is 2. The Morgan fingerprint density at radius 2 is 1.67 bits per heavy atom. The lowest BCUT2D eigenvalue weighted by Gasteiger charge is -1.96. The molecule has 10 nitrogen and oxygen atoms in total. The first-order valence-corrected chi connectivity index (χ1v) is 7.12. The second-order valence-corrected chi connectivity index (χ2v) is 5.75. The number of hydrogen-bond donors (Lipinski definition) is 0. The number of rotatable bonds is 2. The Hall–Kier alpha value is -2.98. The van der Waals surface area contributed by atoms with Gasteiger partial charge in [0.1, 0.15) is 0 Å². The van der Waals surface area contributed by atoms with E-state index in [9.17, 15) is 20.2 Å². The van der Waals surface area contributed by atoms with Crippen LogP contribution >= 0.6 is 23.2 Å². The number of nitrogens with zero attached hydrogens (tertiary/aromatic N) is 6. The summed E-state index contributed by atoms with van der Waals surface area (Å²) in [6.07, 6.45) is 0. The number of fused-ring (bicyclic) bond motifs is 5. The molecule has 12 heteroatoms. The molecule has 0 aliphatic rings. The number of aromatic nitrogens is 4. The van der Waals surface area contributed by atoms with Crippen LogP contribution in [-0.4, -0.2) is 19.6 Å². The van der Waals surface area contributed by atoms with Gasteiger partial charge in [-0.2, -0.15) is 4.63 Å². The van der Waals surface area contributed by atoms with E-state index in [-0.39, 0.29) is 43.5 Å². The van der Waals surface area contributed by atoms with Crippen LogP contribution < -0.4 is 9.73 Å². The van der Waals surface area contributed by atoms with Crippen LogP contribution in [0, 0.1) is 20.2 Å². The van der Waals surface area contributed by atoms with Gasteiger partial charge in [-0.3, -0.25) is 25.3 Å². The van der Waals surface area contributed by atoms with Crippen LogP contribution in [0.3, 0.4) is 0 Å². The van der Waals surface area contributed by atoms with Crippen LogP contribution in [0.15, 0.2) is 24.3 Å². The van der Waals surface area contributed by atoms with E-state index in [1.165, 1.54) is 33.5 Å². The largest absolute Gasteiger partial charge is 0.326 e. The van der Waals surface area contributed by atoms with Crippen LogP contribution in [-0.2, 0) is 0 Å². The Balaban J connectivity index is 2.23. The van der Waals surface area contributed by atoms with Crippen molar-refractivity contribution in [2.75, 3.05) is 0 Å². The molecule has 0 spiro atoms. The molecule has 0 aliphatic carbocycles. The molecule has 0 bridgehead atoms. The van der Waals surface area contributed by atoms with E-state index in [0.29, 0.717) is 0 Å². The maximum atomic E-state index is 11.2. The monoisotopic (exact) mass is 366 g/mol. The maximum Gasteiger partial charge on any atom is 0.326 e. The second kappa shape index (κ2) is 4.76. The third-order valence-corrected chi connectivity index (χ3v) is 3.90. The molecule has 0 unspecified atom stereocenters. The van der Waals surface area contributed by atoms with Crippen LogP contribution in [0.2, 0.25) is 10.0 Å². The molecule has 0 saturated heterocycles. The summed E-state index contributed by atoms with van der Waals surface area (Å²) in [5.74, 6) is 0. The van der Waals surface area contributed by atoms with Gasteiger partial charge in [0, 0.05) is 23.2 Å². The average molecular weight is 367 g/mol. The number of hydrogen-bond acceptors (Lipinski definition) is 5. The third kappa shape index (κ3) is 1.90. The van der Waals surface area contributed by atoms with Gasteiger partial charge in [0.2, 0.25) is 0 Å². The van der Waals surface area contributed by atoms with Crippen molar-refractivity contribution in [3.05, 3.63) is 54.5 Å².